The Bertz CT molecular complexity index is 486. The van der Waals surface area contributed by atoms with E-state index in [-0.39, 0.29) is 27.1 Å². The van der Waals surface area contributed by atoms with Gasteiger partial charge in [-0.3, -0.25) is 9.69 Å². The Morgan fingerprint density at radius 1 is 1.21 bits per heavy atom. The van der Waals surface area contributed by atoms with Gasteiger partial charge in [-0.15, -0.1) is 0 Å². The number of hydrogen-bond acceptors (Lipinski definition) is 4. The van der Waals surface area contributed by atoms with Crippen molar-refractivity contribution in [1.82, 2.24) is 9.80 Å². The molecule has 0 amide bonds. The largest absolute Gasteiger partial charge is 0.507 e. The number of carbonyl (C=O) groups is 1. The number of phenolic OH excluding ortho intramolecular Hbond substituents is 1. The van der Waals surface area contributed by atoms with Gasteiger partial charge in [0.1, 0.15) is 5.75 Å². The number of rotatable bonds is 3. The monoisotopic (exact) mass is 302 g/mol. The van der Waals surface area contributed by atoms with Crippen molar-refractivity contribution >= 4 is 29.0 Å². The van der Waals surface area contributed by atoms with Crippen LogP contribution in [0.5, 0.6) is 5.75 Å². The molecule has 1 saturated heterocycles. The number of benzene rings is 1. The Hall–Kier alpha value is -0.810. The number of carbonyl (C=O) groups excluding carboxylic acids is 1. The summed E-state index contributed by atoms with van der Waals surface area (Å²) < 4.78 is 0. The van der Waals surface area contributed by atoms with Gasteiger partial charge in [-0.1, -0.05) is 23.2 Å². The number of phenols is 1. The van der Waals surface area contributed by atoms with E-state index in [2.05, 4.69) is 16.8 Å². The van der Waals surface area contributed by atoms with Crippen LogP contribution in [0.3, 0.4) is 0 Å². The lowest BCUT2D eigenvalue weighted by Gasteiger charge is -2.31. The lowest BCUT2D eigenvalue weighted by molar-refractivity contribution is 0.0874. The molecule has 0 spiro atoms. The number of hydrogen-bond donors (Lipinski definition) is 1. The molecule has 0 aliphatic carbocycles. The fourth-order valence-corrected chi connectivity index (χ4v) is 2.38. The fraction of sp³-hybridized carbons (Fsp3) is 0.462. The van der Waals surface area contributed by atoms with E-state index in [0.29, 0.717) is 6.54 Å². The number of likely N-dealkylation sites (N-methyl/N-ethyl adjacent to an activating group) is 1. The van der Waals surface area contributed by atoms with E-state index in [1.807, 2.05) is 0 Å². The van der Waals surface area contributed by atoms with Crippen molar-refractivity contribution in [3.8, 4) is 5.75 Å². The van der Waals surface area contributed by atoms with Crippen LogP contribution in [0.4, 0.5) is 0 Å². The standard InChI is InChI=1S/C13H16Cl2N2O2/c1-16-2-4-17(5-3-16)8-13(19)9-6-10(14)11(15)7-12(9)18/h6-7,18H,2-5,8H2,1H3. The van der Waals surface area contributed by atoms with Crippen LogP contribution in [0.1, 0.15) is 10.4 Å². The first-order valence-electron chi connectivity index (χ1n) is 6.09. The maximum absolute atomic E-state index is 12.2. The zero-order valence-corrected chi connectivity index (χ0v) is 12.2. The third-order valence-electron chi connectivity index (χ3n) is 3.30. The summed E-state index contributed by atoms with van der Waals surface area (Å²) in [5.41, 5.74) is 0.230. The molecule has 1 aromatic carbocycles. The minimum Gasteiger partial charge on any atom is -0.507 e. The average Bonchev–Trinajstić information content (AvgIpc) is 2.36. The van der Waals surface area contributed by atoms with Crippen LogP contribution in [0, 0.1) is 0 Å². The molecule has 19 heavy (non-hydrogen) atoms. The topological polar surface area (TPSA) is 43.8 Å². The summed E-state index contributed by atoms with van der Waals surface area (Å²) in [6.45, 7) is 3.88. The lowest BCUT2D eigenvalue weighted by Crippen LogP contribution is -2.46. The molecule has 1 aromatic rings. The molecule has 1 N–H and O–H groups in total. The van der Waals surface area contributed by atoms with Gasteiger partial charge in [0, 0.05) is 32.2 Å². The molecule has 0 unspecified atom stereocenters. The zero-order valence-electron chi connectivity index (χ0n) is 10.7. The average molecular weight is 303 g/mol. The van der Waals surface area contributed by atoms with Crippen LogP contribution in [0.2, 0.25) is 10.0 Å². The summed E-state index contributed by atoms with van der Waals surface area (Å²) in [7, 11) is 2.06. The highest BCUT2D eigenvalue weighted by atomic mass is 35.5. The summed E-state index contributed by atoms with van der Waals surface area (Å²) in [6, 6.07) is 2.73. The third-order valence-corrected chi connectivity index (χ3v) is 4.02. The summed E-state index contributed by atoms with van der Waals surface area (Å²) in [4.78, 5) is 16.5. The predicted octanol–water partition coefficient (Wildman–Crippen LogP) is 2.13. The van der Waals surface area contributed by atoms with Gasteiger partial charge >= 0.3 is 0 Å². The molecule has 4 nitrogen and oxygen atoms in total. The van der Waals surface area contributed by atoms with Crippen LogP contribution >= 0.6 is 23.2 Å². The maximum atomic E-state index is 12.2. The minimum absolute atomic E-state index is 0.117. The Kier molecular flexibility index (Phi) is 4.68. The second-order valence-corrected chi connectivity index (χ2v) is 5.60. The molecule has 0 aromatic heterocycles. The Labute approximate surface area is 122 Å². The molecule has 2 rings (SSSR count). The van der Waals surface area contributed by atoms with E-state index in [1.54, 1.807) is 0 Å². The highest BCUT2D eigenvalue weighted by Crippen LogP contribution is 2.30. The molecular formula is C13H16Cl2N2O2. The number of nitrogens with zero attached hydrogens (tertiary/aromatic N) is 2. The Morgan fingerprint density at radius 2 is 1.79 bits per heavy atom. The lowest BCUT2D eigenvalue weighted by atomic mass is 10.1. The molecule has 0 saturated carbocycles. The second kappa shape index (κ2) is 6.09. The third kappa shape index (κ3) is 3.60. The predicted molar refractivity (Wildman–Crippen MR) is 76.4 cm³/mol. The van der Waals surface area contributed by atoms with Crippen molar-refractivity contribution in [1.29, 1.82) is 0 Å². The van der Waals surface area contributed by atoms with Gasteiger partial charge in [-0.25, -0.2) is 0 Å². The number of halogens is 2. The van der Waals surface area contributed by atoms with Crippen molar-refractivity contribution in [3.63, 3.8) is 0 Å². The smallest absolute Gasteiger partial charge is 0.180 e. The first-order chi connectivity index (χ1) is 8.97. The highest BCUT2D eigenvalue weighted by Gasteiger charge is 2.20. The Balaban J connectivity index is 2.06. The van der Waals surface area contributed by atoms with Crippen LogP contribution in [0.25, 0.3) is 0 Å². The highest BCUT2D eigenvalue weighted by molar-refractivity contribution is 6.42. The molecule has 0 atom stereocenters. The Morgan fingerprint density at radius 3 is 2.42 bits per heavy atom. The van der Waals surface area contributed by atoms with Crippen molar-refractivity contribution < 1.29 is 9.90 Å². The van der Waals surface area contributed by atoms with E-state index < -0.39 is 0 Å². The zero-order chi connectivity index (χ0) is 14.0. The van der Waals surface area contributed by atoms with Gasteiger partial charge in [0.05, 0.1) is 22.2 Å². The molecule has 6 heteroatoms. The quantitative estimate of drug-likeness (QED) is 0.869. The van der Waals surface area contributed by atoms with Crippen LogP contribution in [0.15, 0.2) is 12.1 Å². The molecule has 1 aliphatic rings. The number of aromatic hydroxyl groups is 1. The first-order valence-corrected chi connectivity index (χ1v) is 6.85. The van der Waals surface area contributed by atoms with Gasteiger partial charge in [0.2, 0.25) is 0 Å². The van der Waals surface area contributed by atoms with Gasteiger partial charge in [0.25, 0.3) is 0 Å². The number of Topliss-reactive ketones (excluding diaryl/α,β-unsaturated/α-hetero) is 1. The van der Waals surface area contributed by atoms with Crippen molar-refractivity contribution in [2.45, 2.75) is 0 Å². The molecule has 1 heterocycles. The van der Waals surface area contributed by atoms with Crippen molar-refractivity contribution in [2.75, 3.05) is 39.8 Å². The van der Waals surface area contributed by atoms with Gasteiger partial charge in [-0.2, -0.15) is 0 Å². The van der Waals surface area contributed by atoms with Crippen LogP contribution < -0.4 is 0 Å². The minimum atomic E-state index is -0.138. The van der Waals surface area contributed by atoms with Crippen LogP contribution in [-0.4, -0.2) is 60.5 Å². The van der Waals surface area contributed by atoms with Crippen LogP contribution in [-0.2, 0) is 0 Å². The molecule has 0 radical (unpaired) electrons. The van der Waals surface area contributed by atoms with E-state index in [0.717, 1.165) is 26.2 Å². The normalized spacial score (nSPS) is 17.6. The summed E-state index contributed by atoms with van der Waals surface area (Å²) in [6.07, 6.45) is 0. The summed E-state index contributed by atoms with van der Waals surface area (Å²) in [5.74, 6) is -0.255. The SMILES string of the molecule is CN1CCN(CC(=O)c2cc(Cl)c(Cl)cc2O)CC1. The van der Waals surface area contributed by atoms with Gasteiger partial charge in [-0.05, 0) is 13.1 Å². The molecule has 1 aliphatic heterocycles. The molecule has 1 fully saturated rings. The van der Waals surface area contributed by atoms with Gasteiger partial charge < -0.3 is 10.0 Å². The number of ketones is 1. The summed E-state index contributed by atoms with van der Waals surface area (Å²) in [5, 5.41) is 10.3. The van der Waals surface area contributed by atoms with Crippen molar-refractivity contribution in [3.05, 3.63) is 27.7 Å². The van der Waals surface area contributed by atoms with E-state index in [9.17, 15) is 9.90 Å². The summed E-state index contributed by atoms with van der Waals surface area (Å²) >= 11 is 11.7. The number of piperazine rings is 1. The molecule has 0 bridgehead atoms. The van der Waals surface area contributed by atoms with Crippen molar-refractivity contribution in [2.24, 2.45) is 0 Å². The van der Waals surface area contributed by atoms with Gasteiger partial charge in [0.15, 0.2) is 5.78 Å². The first kappa shape index (κ1) is 14.6. The van der Waals surface area contributed by atoms with E-state index >= 15 is 0 Å². The maximum Gasteiger partial charge on any atom is 0.180 e. The fourth-order valence-electron chi connectivity index (χ4n) is 2.05. The molecular weight excluding hydrogens is 287 g/mol. The van der Waals surface area contributed by atoms with E-state index in [4.69, 9.17) is 23.2 Å². The van der Waals surface area contributed by atoms with E-state index in [1.165, 1.54) is 12.1 Å². The second-order valence-electron chi connectivity index (χ2n) is 4.79. The molecule has 104 valence electrons.